The van der Waals surface area contributed by atoms with E-state index in [-0.39, 0.29) is 0 Å². The van der Waals surface area contributed by atoms with Gasteiger partial charge in [-0.1, -0.05) is 60.7 Å². The number of nitrogens with two attached hydrogens (primary N) is 1. The van der Waals surface area contributed by atoms with Gasteiger partial charge in [-0.15, -0.1) is 0 Å². The number of benzene rings is 3. The molecule has 0 spiro atoms. The third-order valence-corrected chi connectivity index (χ3v) is 6.83. The molecule has 0 atom stereocenters. The molecule has 5 aromatic rings. The molecular formula is C31H30N6O2. The summed E-state index contributed by atoms with van der Waals surface area (Å²) in [6.45, 7) is 3.32. The minimum Gasteiger partial charge on any atom is -0.497 e. The van der Waals surface area contributed by atoms with Crippen LogP contribution in [0.15, 0.2) is 96.0 Å². The lowest BCUT2D eigenvalue weighted by molar-refractivity contribution is 0.122. The maximum absolute atomic E-state index is 6.57. The first-order valence-corrected chi connectivity index (χ1v) is 13.0. The van der Waals surface area contributed by atoms with Gasteiger partial charge in [-0.2, -0.15) is 5.10 Å². The number of rotatable bonds is 7. The summed E-state index contributed by atoms with van der Waals surface area (Å²) in [5.74, 6) is 2.02. The summed E-state index contributed by atoms with van der Waals surface area (Å²) in [4.78, 5) is 12.0. The summed E-state index contributed by atoms with van der Waals surface area (Å²) in [7, 11) is 1.67. The van der Waals surface area contributed by atoms with E-state index in [1.807, 2.05) is 71.4 Å². The minimum absolute atomic E-state index is 0.361. The number of aliphatic imine (C=N–C) groups is 1. The summed E-state index contributed by atoms with van der Waals surface area (Å²) < 4.78 is 13.1. The van der Waals surface area contributed by atoms with Crippen molar-refractivity contribution in [3.8, 4) is 17.0 Å². The third-order valence-electron chi connectivity index (χ3n) is 6.83. The molecule has 0 saturated carbocycles. The van der Waals surface area contributed by atoms with Gasteiger partial charge in [0, 0.05) is 24.0 Å². The van der Waals surface area contributed by atoms with E-state index < -0.39 is 0 Å². The van der Waals surface area contributed by atoms with Crippen molar-refractivity contribution in [3.05, 3.63) is 102 Å². The zero-order valence-corrected chi connectivity index (χ0v) is 21.8. The Hall–Kier alpha value is -4.69. The van der Waals surface area contributed by atoms with Gasteiger partial charge >= 0.3 is 0 Å². The number of morpholine rings is 1. The molecule has 8 nitrogen and oxygen atoms in total. The van der Waals surface area contributed by atoms with E-state index in [0.29, 0.717) is 31.3 Å². The Kier molecular flexibility index (Phi) is 6.93. The molecule has 0 bridgehead atoms. The highest BCUT2D eigenvalue weighted by Gasteiger charge is 2.24. The van der Waals surface area contributed by atoms with Crippen LogP contribution in [0.4, 0.5) is 11.5 Å². The number of hydrogen-bond donors (Lipinski definition) is 1. The molecule has 6 rings (SSSR count). The van der Waals surface area contributed by atoms with Crippen LogP contribution in [0, 0.1) is 0 Å². The van der Waals surface area contributed by atoms with Crippen molar-refractivity contribution < 1.29 is 9.47 Å². The molecule has 0 radical (unpaired) electrons. The Labute approximate surface area is 227 Å². The number of hydrogen-bond acceptors (Lipinski definition) is 6. The van der Waals surface area contributed by atoms with Crippen LogP contribution in [0.2, 0.25) is 0 Å². The Bertz CT molecular complexity index is 1590. The van der Waals surface area contributed by atoms with Crippen molar-refractivity contribution in [3.63, 3.8) is 0 Å². The van der Waals surface area contributed by atoms with Gasteiger partial charge in [0.05, 0.1) is 32.6 Å². The molecular weight excluding hydrogens is 488 g/mol. The van der Waals surface area contributed by atoms with Gasteiger partial charge in [-0.25, -0.2) is 9.98 Å². The summed E-state index contributed by atoms with van der Waals surface area (Å²) in [5, 5.41) is 6.12. The molecule has 0 aliphatic carbocycles. The van der Waals surface area contributed by atoms with Crippen LogP contribution < -0.4 is 15.4 Å². The first-order chi connectivity index (χ1) is 19.2. The number of ether oxygens (including phenoxy) is 2. The fraction of sp³-hybridized carbons (Fsp3) is 0.194. The largest absolute Gasteiger partial charge is 0.497 e. The Balaban J connectivity index is 1.56. The van der Waals surface area contributed by atoms with Gasteiger partial charge in [-0.05, 0) is 35.9 Å². The molecule has 8 heteroatoms. The first kappa shape index (κ1) is 24.6. The highest BCUT2D eigenvalue weighted by molar-refractivity contribution is 6.06. The quantitative estimate of drug-likeness (QED) is 0.240. The lowest BCUT2D eigenvalue weighted by Gasteiger charge is -2.29. The maximum atomic E-state index is 6.57. The molecule has 3 aromatic carbocycles. The van der Waals surface area contributed by atoms with Crippen molar-refractivity contribution in [2.45, 2.75) is 6.54 Å². The van der Waals surface area contributed by atoms with Gasteiger partial charge in [0.1, 0.15) is 28.5 Å². The lowest BCUT2D eigenvalue weighted by atomic mass is 10.1. The molecule has 0 unspecified atom stereocenters. The molecule has 39 heavy (non-hydrogen) atoms. The van der Waals surface area contributed by atoms with E-state index in [9.17, 15) is 0 Å². The third kappa shape index (κ3) is 5.19. The second kappa shape index (κ2) is 11.0. The van der Waals surface area contributed by atoms with Crippen LogP contribution in [-0.4, -0.2) is 54.0 Å². The van der Waals surface area contributed by atoms with Gasteiger partial charge in [0.25, 0.3) is 0 Å². The number of para-hydroxylation sites is 1. The average Bonchev–Trinajstić information content (AvgIpc) is 3.36. The van der Waals surface area contributed by atoms with E-state index in [1.54, 1.807) is 7.11 Å². The van der Waals surface area contributed by atoms with Crippen molar-refractivity contribution in [1.29, 1.82) is 0 Å². The van der Waals surface area contributed by atoms with E-state index >= 15 is 0 Å². The molecule has 1 fully saturated rings. The highest BCUT2D eigenvalue weighted by atomic mass is 16.5. The normalized spacial score (nSPS) is 14.1. The maximum Gasteiger partial charge on any atom is 0.155 e. The fourth-order valence-corrected chi connectivity index (χ4v) is 4.84. The Morgan fingerprint density at radius 2 is 1.64 bits per heavy atom. The molecule has 0 amide bonds. The molecule has 1 saturated heterocycles. The number of aromatic nitrogens is 3. The Morgan fingerprint density at radius 1 is 0.949 bits per heavy atom. The molecule has 1 aliphatic rings. The van der Waals surface area contributed by atoms with Crippen molar-refractivity contribution in [2.75, 3.05) is 38.3 Å². The molecule has 2 N–H and O–H groups in total. The van der Waals surface area contributed by atoms with E-state index in [0.717, 1.165) is 58.1 Å². The zero-order valence-electron chi connectivity index (χ0n) is 21.8. The van der Waals surface area contributed by atoms with E-state index in [4.69, 9.17) is 25.3 Å². The van der Waals surface area contributed by atoms with Crippen LogP contribution >= 0.6 is 0 Å². The summed E-state index contributed by atoms with van der Waals surface area (Å²) in [6, 6.07) is 30.0. The van der Waals surface area contributed by atoms with E-state index in [2.05, 4.69) is 34.2 Å². The zero-order chi connectivity index (χ0) is 26.6. The molecule has 3 heterocycles. The van der Waals surface area contributed by atoms with Crippen LogP contribution in [0.3, 0.4) is 0 Å². The monoisotopic (exact) mass is 518 g/mol. The van der Waals surface area contributed by atoms with Crippen molar-refractivity contribution >= 4 is 28.2 Å². The number of amidine groups is 1. The number of pyridine rings is 1. The number of anilines is 1. The predicted molar refractivity (Wildman–Crippen MR) is 155 cm³/mol. The van der Waals surface area contributed by atoms with Gasteiger partial charge in [0.15, 0.2) is 5.82 Å². The second-order valence-electron chi connectivity index (χ2n) is 9.38. The molecule has 196 valence electrons. The van der Waals surface area contributed by atoms with Gasteiger partial charge < -0.3 is 20.1 Å². The number of nitrogens with zero attached hydrogens (tertiary/aromatic N) is 5. The first-order valence-electron chi connectivity index (χ1n) is 13.0. The fourth-order valence-electron chi connectivity index (χ4n) is 4.84. The highest BCUT2D eigenvalue weighted by Crippen LogP contribution is 2.35. The standard InChI is InChI=1S/C31H30N6O2/c1-38-25-14-12-22(13-15-25)21-37-29-26(28(35-37)23-8-4-2-5-9-23)20-27(30(32)33-24-10-6-3-7-11-24)34-31(29)36-16-18-39-19-17-36/h2-15,20H,16-19,21H2,1H3,(H2,32,33). The summed E-state index contributed by atoms with van der Waals surface area (Å²) in [5.41, 5.74) is 11.9. The lowest BCUT2D eigenvalue weighted by Crippen LogP contribution is -2.37. The predicted octanol–water partition coefficient (Wildman–Crippen LogP) is 5.03. The second-order valence-corrected chi connectivity index (χ2v) is 9.38. The average molecular weight is 519 g/mol. The number of fused-ring (bicyclic) bond motifs is 1. The Morgan fingerprint density at radius 3 is 2.33 bits per heavy atom. The van der Waals surface area contributed by atoms with Crippen LogP contribution in [0.1, 0.15) is 11.3 Å². The molecule has 2 aromatic heterocycles. The van der Waals surface area contributed by atoms with Crippen LogP contribution in [0.25, 0.3) is 22.2 Å². The SMILES string of the molecule is COc1ccc(Cn2nc(-c3ccccc3)c3cc(C(N)=Nc4ccccc4)nc(N4CCOCC4)c32)cc1. The minimum atomic E-state index is 0.361. The van der Waals surface area contributed by atoms with E-state index in [1.165, 1.54) is 0 Å². The summed E-state index contributed by atoms with van der Waals surface area (Å²) >= 11 is 0. The van der Waals surface area contributed by atoms with Crippen LogP contribution in [-0.2, 0) is 11.3 Å². The summed E-state index contributed by atoms with van der Waals surface area (Å²) in [6.07, 6.45) is 0. The van der Waals surface area contributed by atoms with Crippen molar-refractivity contribution in [1.82, 2.24) is 14.8 Å². The topological polar surface area (TPSA) is 90.8 Å². The number of methoxy groups -OCH3 is 1. The van der Waals surface area contributed by atoms with Gasteiger partial charge in [-0.3, -0.25) is 4.68 Å². The van der Waals surface area contributed by atoms with Gasteiger partial charge in [0.2, 0.25) is 0 Å². The smallest absolute Gasteiger partial charge is 0.155 e. The van der Waals surface area contributed by atoms with Crippen LogP contribution in [0.5, 0.6) is 5.75 Å². The molecule has 1 aliphatic heterocycles. The van der Waals surface area contributed by atoms with Crippen molar-refractivity contribution in [2.24, 2.45) is 10.7 Å².